The van der Waals surface area contributed by atoms with Crippen LogP contribution in [0.3, 0.4) is 0 Å². The first kappa shape index (κ1) is 15.3. The van der Waals surface area contributed by atoms with E-state index in [9.17, 15) is 8.42 Å². The Morgan fingerprint density at radius 3 is 2.26 bits per heavy atom. The fourth-order valence-corrected chi connectivity index (χ4v) is 2.84. The first-order valence-electron chi connectivity index (χ1n) is 6.90. The second-order valence-corrected chi connectivity index (χ2v) is 6.53. The molecule has 0 aliphatic carbocycles. The van der Waals surface area contributed by atoms with Gasteiger partial charge in [-0.1, -0.05) is 36.4 Å². The minimum atomic E-state index is -3.68. The summed E-state index contributed by atoms with van der Waals surface area (Å²) in [6.45, 7) is 0. The van der Waals surface area contributed by atoms with Crippen LogP contribution in [0.4, 0.5) is 11.4 Å². The lowest BCUT2D eigenvalue weighted by Crippen LogP contribution is -2.01. The van der Waals surface area contributed by atoms with Crippen LogP contribution in [-0.2, 0) is 14.3 Å². The van der Waals surface area contributed by atoms with Crippen molar-refractivity contribution in [1.82, 2.24) is 0 Å². The molecule has 0 saturated heterocycles. The van der Waals surface area contributed by atoms with Crippen LogP contribution in [0.1, 0.15) is 0 Å². The monoisotopic (exact) mass is 326 g/mol. The summed E-state index contributed by atoms with van der Waals surface area (Å²) in [6, 6.07) is 19.8. The van der Waals surface area contributed by atoms with Crippen LogP contribution >= 0.6 is 0 Å². The standard InChI is InChI=1S/C17H14N2O3S/c1-22-23(20,21)15-11-9-14(10-12-15)18-19-17-8-4-6-13-5-2-3-7-16(13)17/h2-12H,1H3. The van der Waals surface area contributed by atoms with Gasteiger partial charge in [-0.15, -0.1) is 5.11 Å². The third-order valence-electron chi connectivity index (χ3n) is 3.38. The third-order valence-corrected chi connectivity index (χ3v) is 4.67. The van der Waals surface area contributed by atoms with Crippen LogP contribution < -0.4 is 0 Å². The van der Waals surface area contributed by atoms with Crippen molar-refractivity contribution in [3.63, 3.8) is 0 Å². The Labute approximate surface area is 134 Å². The molecule has 0 bridgehead atoms. The van der Waals surface area contributed by atoms with Gasteiger partial charge in [0.15, 0.2) is 0 Å². The highest BCUT2D eigenvalue weighted by Crippen LogP contribution is 2.27. The van der Waals surface area contributed by atoms with E-state index < -0.39 is 10.1 Å². The Morgan fingerprint density at radius 2 is 1.52 bits per heavy atom. The lowest BCUT2D eigenvalue weighted by Gasteiger charge is -2.02. The van der Waals surface area contributed by atoms with Crippen LogP contribution in [0.2, 0.25) is 0 Å². The highest BCUT2D eigenvalue weighted by Gasteiger charge is 2.11. The smallest absolute Gasteiger partial charge is 0.270 e. The Morgan fingerprint density at radius 1 is 0.826 bits per heavy atom. The average Bonchev–Trinajstić information content (AvgIpc) is 2.60. The molecule has 3 aromatic rings. The second-order valence-electron chi connectivity index (χ2n) is 4.81. The molecule has 0 spiro atoms. The minimum Gasteiger partial charge on any atom is -0.270 e. The van der Waals surface area contributed by atoms with Crippen molar-refractivity contribution in [1.29, 1.82) is 0 Å². The van der Waals surface area contributed by atoms with Gasteiger partial charge in [0.25, 0.3) is 10.1 Å². The van der Waals surface area contributed by atoms with Gasteiger partial charge in [0, 0.05) is 5.39 Å². The molecule has 0 unspecified atom stereocenters. The Balaban J connectivity index is 1.91. The van der Waals surface area contributed by atoms with Gasteiger partial charge in [-0.3, -0.25) is 4.18 Å². The van der Waals surface area contributed by atoms with Crippen molar-refractivity contribution < 1.29 is 12.6 Å². The molecule has 0 aliphatic rings. The number of nitrogens with zero attached hydrogens (tertiary/aromatic N) is 2. The summed E-state index contributed by atoms with van der Waals surface area (Å²) in [7, 11) is -2.55. The molecule has 0 amide bonds. The van der Waals surface area contributed by atoms with Crippen molar-refractivity contribution in [2.75, 3.05) is 7.11 Å². The van der Waals surface area contributed by atoms with E-state index >= 15 is 0 Å². The SMILES string of the molecule is COS(=O)(=O)c1ccc(N=Nc2cccc3ccccc23)cc1. The van der Waals surface area contributed by atoms with Crippen molar-refractivity contribution >= 4 is 32.3 Å². The summed E-state index contributed by atoms with van der Waals surface area (Å²) in [5.41, 5.74) is 1.32. The minimum absolute atomic E-state index is 0.0871. The molecule has 0 heterocycles. The molecule has 0 fully saturated rings. The normalized spacial score (nSPS) is 12.0. The van der Waals surface area contributed by atoms with E-state index in [-0.39, 0.29) is 4.90 Å². The van der Waals surface area contributed by atoms with Crippen LogP contribution in [0.25, 0.3) is 10.8 Å². The van der Waals surface area contributed by atoms with E-state index in [4.69, 9.17) is 0 Å². The number of fused-ring (bicyclic) bond motifs is 1. The van der Waals surface area contributed by atoms with Gasteiger partial charge in [0.1, 0.15) is 0 Å². The fraction of sp³-hybridized carbons (Fsp3) is 0.0588. The van der Waals surface area contributed by atoms with Gasteiger partial charge in [0.05, 0.1) is 23.4 Å². The Bertz CT molecular complexity index is 959. The van der Waals surface area contributed by atoms with Crippen molar-refractivity contribution in [2.45, 2.75) is 4.90 Å². The highest BCUT2D eigenvalue weighted by molar-refractivity contribution is 7.86. The number of rotatable bonds is 4. The molecular formula is C17H14N2O3S. The maximum Gasteiger partial charge on any atom is 0.296 e. The molecule has 3 rings (SSSR count). The molecule has 0 saturated carbocycles. The molecule has 5 nitrogen and oxygen atoms in total. The lowest BCUT2D eigenvalue weighted by atomic mass is 10.1. The van der Waals surface area contributed by atoms with Crippen LogP contribution in [0, 0.1) is 0 Å². The maximum atomic E-state index is 11.6. The Hall–Kier alpha value is -2.57. The molecule has 0 aliphatic heterocycles. The van der Waals surface area contributed by atoms with E-state index in [1.165, 1.54) is 12.1 Å². The largest absolute Gasteiger partial charge is 0.296 e. The summed E-state index contributed by atoms with van der Waals surface area (Å²) >= 11 is 0. The second kappa shape index (κ2) is 6.28. The summed E-state index contributed by atoms with van der Waals surface area (Å²) in [5.74, 6) is 0. The topological polar surface area (TPSA) is 68.1 Å². The highest BCUT2D eigenvalue weighted by atomic mass is 32.2. The molecule has 0 N–H and O–H groups in total. The zero-order chi connectivity index (χ0) is 16.3. The molecule has 0 atom stereocenters. The number of benzene rings is 3. The maximum absolute atomic E-state index is 11.6. The fourth-order valence-electron chi connectivity index (χ4n) is 2.18. The third kappa shape index (κ3) is 3.28. The molecule has 116 valence electrons. The number of azo groups is 1. The van der Waals surface area contributed by atoms with Crippen molar-refractivity contribution in [3.05, 3.63) is 66.7 Å². The first-order valence-corrected chi connectivity index (χ1v) is 8.31. The molecule has 6 heteroatoms. The predicted octanol–water partition coefficient (Wildman–Crippen LogP) is 4.59. The molecule has 3 aromatic carbocycles. The summed E-state index contributed by atoms with van der Waals surface area (Å²) < 4.78 is 27.6. The van der Waals surface area contributed by atoms with E-state index in [1.807, 2.05) is 42.5 Å². The average molecular weight is 326 g/mol. The van der Waals surface area contributed by atoms with Gasteiger partial charge in [-0.2, -0.15) is 13.5 Å². The van der Waals surface area contributed by atoms with E-state index in [2.05, 4.69) is 14.4 Å². The first-order chi connectivity index (χ1) is 11.1. The summed E-state index contributed by atoms with van der Waals surface area (Å²) in [6.07, 6.45) is 0. The quantitative estimate of drug-likeness (QED) is 0.520. The molecule has 0 radical (unpaired) electrons. The zero-order valence-electron chi connectivity index (χ0n) is 12.4. The molecular weight excluding hydrogens is 312 g/mol. The van der Waals surface area contributed by atoms with Crippen molar-refractivity contribution in [2.24, 2.45) is 10.2 Å². The lowest BCUT2D eigenvalue weighted by molar-refractivity contribution is 0.398. The zero-order valence-corrected chi connectivity index (χ0v) is 13.2. The van der Waals surface area contributed by atoms with Crippen LogP contribution in [0.5, 0.6) is 0 Å². The van der Waals surface area contributed by atoms with Gasteiger partial charge in [-0.05, 0) is 35.7 Å². The Kier molecular flexibility index (Phi) is 4.18. The van der Waals surface area contributed by atoms with Crippen LogP contribution in [-0.4, -0.2) is 15.5 Å². The molecule has 23 heavy (non-hydrogen) atoms. The van der Waals surface area contributed by atoms with Gasteiger partial charge >= 0.3 is 0 Å². The van der Waals surface area contributed by atoms with Gasteiger partial charge in [-0.25, -0.2) is 0 Å². The number of hydrogen-bond acceptors (Lipinski definition) is 5. The van der Waals surface area contributed by atoms with Gasteiger partial charge in [0.2, 0.25) is 0 Å². The van der Waals surface area contributed by atoms with Crippen molar-refractivity contribution in [3.8, 4) is 0 Å². The van der Waals surface area contributed by atoms with E-state index in [0.29, 0.717) is 5.69 Å². The van der Waals surface area contributed by atoms with Crippen LogP contribution in [0.15, 0.2) is 81.9 Å². The summed E-state index contributed by atoms with van der Waals surface area (Å²) in [4.78, 5) is 0.0871. The van der Waals surface area contributed by atoms with Gasteiger partial charge < -0.3 is 0 Å². The summed E-state index contributed by atoms with van der Waals surface area (Å²) in [5, 5.41) is 10.5. The van der Waals surface area contributed by atoms with E-state index in [0.717, 1.165) is 23.6 Å². The van der Waals surface area contributed by atoms with E-state index in [1.54, 1.807) is 12.1 Å². The number of hydrogen-bond donors (Lipinski definition) is 0. The molecule has 0 aromatic heterocycles. The predicted molar refractivity (Wildman–Crippen MR) is 88.8 cm³/mol.